The Morgan fingerprint density at radius 3 is 2.30 bits per heavy atom. The summed E-state index contributed by atoms with van der Waals surface area (Å²) < 4.78 is 15.7. The third-order valence-electron chi connectivity index (χ3n) is 8.17. The van der Waals surface area contributed by atoms with E-state index in [4.69, 9.17) is 45.4 Å². The minimum atomic E-state index is -0.816. The van der Waals surface area contributed by atoms with Crippen LogP contribution in [-0.4, -0.2) is 136 Å². The SMILES string of the molecule is COCCOOCCOOCCOCC(=O)N[C@H](C(=O)OCCN1CCN(c2cc(Nc3ncc(C(=O)Nc4c(C)cccc4Cl)s3)nc(C)n2)CC1)C(C)C. The molecule has 3 N–H and O–H groups in total. The van der Waals surface area contributed by atoms with E-state index in [1.165, 1.54) is 17.5 Å². The van der Waals surface area contributed by atoms with E-state index in [2.05, 4.69) is 40.7 Å². The van der Waals surface area contributed by atoms with Gasteiger partial charge in [0.15, 0.2) is 5.13 Å². The van der Waals surface area contributed by atoms with E-state index in [1.54, 1.807) is 13.2 Å². The molecule has 3 aromatic rings. The van der Waals surface area contributed by atoms with Crippen molar-refractivity contribution in [1.82, 2.24) is 25.2 Å². The van der Waals surface area contributed by atoms with Gasteiger partial charge in [-0.1, -0.05) is 48.9 Å². The number of para-hydroxylation sites is 1. The second kappa shape index (κ2) is 23.9. The van der Waals surface area contributed by atoms with Crippen LogP contribution in [0.5, 0.6) is 0 Å². The van der Waals surface area contributed by atoms with Gasteiger partial charge in [0.25, 0.3) is 5.91 Å². The number of benzene rings is 1. The average Bonchev–Trinajstić information content (AvgIpc) is 3.64. The molecule has 1 aliphatic heterocycles. The van der Waals surface area contributed by atoms with Crippen molar-refractivity contribution < 1.29 is 48.1 Å². The summed E-state index contributed by atoms with van der Waals surface area (Å²) in [4.78, 5) is 76.1. The number of aryl methyl sites for hydroxylation is 2. The molecule has 0 radical (unpaired) electrons. The lowest BCUT2D eigenvalue weighted by atomic mass is 10.0. The fourth-order valence-electron chi connectivity index (χ4n) is 5.25. The molecule has 18 nitrogen and oxygen atoms in total. The van der Waals surface area contributed by atoms with Gasteiger partial charge in [0.2, 0.25) is 5.91 Å². The molecule has 2 aromatic heterocycles. The number of carbonyl (C=O) groups excluding carboxylic acids is 3. The van der Waals surface area contributed by atoms with Crippen molar-refractivity contribution in [3.8, 4) is 0 Å². The van der Waals surface area contributed by atoms with Crippen LogP contribution in [0, 0.1) is 19.8 Å². The first-order chi connectivity index (χ1) is 27.0. The smallest absolute Gasteiger partial charge is 0.328 e. The van der Waals surface area contributed by atoms with Crippen molar-refractivity contribution in [2.75, 3.05) is 108 Å². The van der Waals surface area contributed by atoms with Gasteiger partial charge in [-0.2, -0.15) is 0 Å². The topological polar surface area (TPSA) is 197 Å². The van der Waals surface area contributed by atoms with Crippen molar-refractivity contribution in [3.63, 3.8) is 0 Å². The van der Waals surface area contributed by atoms with Crippen molar-refractivity contribution in [2.24, 2.45) is 5.92 Å². The number of nitrogens with one attached hydrogen (secondary N) is 3. The second-order valence-corrected chi connectivity index (χ2v) is 14.3. The molecule has 4 rings (SSSR count). The third kappa shape index (κ3) is 15.1. The van der Waals surface area contributed by atoms with Crippen LogP contribution in [0.1, 0.15) is 34.9 Å². The second-order valence-electron chi connectivity index (χ2n) is 12.8. The molecule has 1 aliphatic rings. The van der Waals surface area contributed by atoms with E-state index in [0.29, 0.717) is 65.2 Å². The zero-order valence-corrected chi connectivity index (χ0v) is 33.9. The van der Waals surface area contributed by atoms with Crippen LogP contribution in [0.4, 0.5) is 22.5 Å². The standard InChI is InChI=1S/C36H51ClN8O10S/c1-24(2)32(42-31(46)23-50-16-18-53-55-20-19-54-52-17-15-49-5)35(48)51-14-13-44-9-11-45(12-10-44)30-21-29(39-26(4)40-30)41-36-38-22-28(56-36)34(47)43-33-25(3)7-6-8-27(33)37/h6-8,21-22,24,32H,9-20,23H2,1-5H3,(H,42,46)(H,43,47)(H,38,39,40,41)/t32-/m0/s1. The highest BCUT2D eigenvalue weighted by atomic mass is 35.5. The molecule has 56 heavy (non-hydrogen) atoms. The number of thiazole rings is 1. The lowest BCUT2D eigenvalue weighted by Gasteiger charge is -2.35. The summed E-state index contributed by atoms with van der Waals surface area (Å²) >= 11 is 7.48. The maximum atomic E-state index is 12.9. The van der Waals surface area contributed by atoms with Crippen LogP contribution < -0.4 is 20.9 Å². The van der Waals surface area contributed by atoms with Gasteiger partial charge >= 0.3 is 5.97 Å². The summed E-state index contributed by atoms with van der Waals surface area (Å²) in [6.45, 7) is 12.0. The van der Waals surface area contributed by atoms with Crippen LogP contribution >= 0.6 is 22.9 Å². The molecule has 0 unspecified atom stereocenters. The normalized spacial score (nSPS) is 13.8. The molecule has 308 valence electrons. The first-order valence-corrected chi connectivity index (χ1v) is 19.4. The fourth-order valence-corrected chi connectivity index (χ4v) is 6.23. The number of amides is 2. The van der Waals surface area contributed by atoms with Crippen LogP contribution in [0.15, 0.2) is 30.5 Å². The minimum absolute atomic E-state index is 0.0991. The molecule has 1 atom stereocenters. The Morgan fingerprint density at radius 1 is 0.929 bits per heavy atom. The van der Waals surface area contributed by atoms with E-state index in [0.717, 1.165) is 24.5 Å². The molecule has 0 aliphatic carbocycles. The zero-order valence-electron chi connectivity index (χ0n) is 32.3. The number of hydrogen-bond acceptors (Lipinski definition) is 17. The van der Waals surface area contributed by atoms with Crippen LogP contribution in [0.25, 0.3) is 0 Å². The number of anilines is 4. The molecule has 20 heteroatoms. The van der Waals surface area contributed by atoms with Crippen molar-refractivity contribution >= 4 is 63.2 Å². The highest BCUT2D eigenvalue weighted by Gasteiger charge is 2.26. The average molecular weight is 823 g/mol. The highest BCUT2D eigenvalue weighted by Crippen LogP contribution is 2.28. The summed E-state index contributed by atoms with van der Waals surface area (Å²) in [6, 6.07) is 6.47. The summed E-state index contributed by atoms with van der Waals surface area (Å²) in [6.07, 6.45) is 1.51. The number of methoxy groups -OCH3 is 1. The van der Waals surface area contributed by atoms with Crippen molar-refractivity contribution in [3.05, 3.63) is 51.7 Å². The van der Waals surface area contributed by atoms with Crippen LogP contribution in [0.2, 0.25) is 5.02 Å². The highest BCUT2D eigenvalue weighted by molar-refractivity contribution is 7.17. The molecule has 3 heterocycles. The maximum absolute atomic E-state index is 12.9. The monoisotopic (exact) mass is 822 g/mol. The zero-order chi connectivity index (χ0) is 40.3. The molecule has 1 fully saturated rings. The Hall–Kier alpha value is -4.05. The molecule has 0 spiro atoms. The number of aromatic nitrogens is 3. The Morgan fingerprint density at radius 2 is 1.62 bits per heavy atom. The van der Waals surface area contributed by atoms with E-state index < -0.39 is 17.9 Å². The van der Waals surface area contributed by atoms with Gasteiger partial charge in [0, 0.05) is 45.9 Å². The van der Waals surface area contributed by atoms with Crippen molar-refractivity contribution in [2.45, 2.75) is 33.7 Å². The number of piperazine rings is 1. The van der Waals surface area contributed by atoms with Gasteiger partial charge in [-0.3, -0.25) is 14.5 Å². The van der Waals surface area contributed by atoms with Crippen LogP contribution in [-0.2, 0) is 43.3 Å². The third-order valence-corrected chi connectivity index (χ3v) is 9.39. The Labute approximate surface area is 335 Å². The maximum Gasteiger partial charge on any atom is 0.328 e. The number of hydrogen-bond donors (Lipinski definition) is 3. The molecule has 1 saturated heterocycles. The quantitative estimate of drug-likeness (QED) is 0.0513. The van der Waals surface area contributed by atoms with E-state index in [9.17, 15) is 14.4 Å². The lowest BCUT2D eigenvalue weighted by molar-refractivity contribution is -0.343. The molecule has 0 saturated carbocycles. The van der Waals surface area contributed by atoms with Gasteiger partial charge in [-0.15, -0.1) is 0 Å². The van der Waals surface area contributed by atoms with E-state index in [-0.39, 0.29) is 51.5 Å². The number of esters is 1. The van der Waals surface area contributed by atoms with Crippen molar-refractivity contribution in [1.29, 1.82) is 0 Å². The predicted molar refractivity (Wildman–Crippen MR) is 209 cm³/mol. The molecule has 0 bridgehead atoms. The Kier molecular flexibility index (Phi) is 19.1. The molecule has 1 aromatic carbocycles. The molecular weight excluding hydrogens is 772 g/mol. The van der Waals surface area contributed by atoms with Gasteiger partial charge in [0.1, 0.15) is 68.0 Å². The summed E-state index contributed by atoms with van der Waals surface area (Å²) in [5.41, 5.74) is 1.43. The van der Waals surface area contributed by atoms with Gasteiger partial charge in [-0.05, 0) is 31.4 Å². The number of ether oxygens (including phenoxy) is 3. The fraction of sp³-hybridized carbons (Fsp3) is 0.556. The summed E-state index contributed by atoms with van der Waals surface area (Å²) in [5, 5.41) is 9.75. The van der Waals surface area contributed by atoms with E-state index in [1.807, 2.05) is 45.9 Å². The largest absolute Gasteiger partial charge is 0.463 e. The number of nitrogens with zero attached hydrogens (tertiary/aromatic N) is 5. The molecule has 2 amide bonds. The predicted octanol–water partition coefficient (Wildman–Crippen LogP) is 3.56. The van der Waals surface area contributed by atoms with E-state index >= 15 is 0 Å². The molecular formula is C36H51ClN8O10S. The number of rotatable bonds is 24. The first-order valence-electron chi connectivity index (χ1n) is 18.2. The van der Waals surface area contributed by atoms with Gasteiger partial charge in [-0.25, -0.2) is 39.3 Å². The van der Waals surface area contributed by atoms with Gasteiger partial charge in [0.05, 0.1) is 30.1 Å². The number of carbonyl (C=O) groups is 3. The number of halogens is 1. The first kappa shape index (κ1) is 44.7. The van der Waals surface area contributed by atoms with Gasteiger partial charge < -0.3 is 35.1 Å². The minimum Gasteiger partial charge on any atom is -0.463 e. The van der Waals surface area contributed by atoms with Crippen LogP contribution in [0.3, 0.4) is 0 Å². The lowest BCUT2D eigenvalue weighted by Crippen LogP contribution is -2.49. The summed E-state index contributed by atoms with van der Waals surface area (Å²) in [7, 11) is 1.56. The Balaban J connectivity index is 1.13. The Bertz CT molecular complexity index is 1670. The summed E-state index contributed by atoms with van der Waals surface area (Å²) in [5.74, 6) is 0.470.